The zero-order valence-electron chi connectivity index (χ0n) is 10.3. The predicted molar refractivity (Wildman–Crippen MR) is 70.6 cm³/mol. The zero-order valence-corrected chi connectivity index (χ0v) is 10.3. The van der Waals surface area contributed by atoms with Gasteiger partial charge in [0.15, 0.2) is 0 Å². The molecule has 0 saturated heterocycles. The molecule has 1 aromatic rings. The molecule has 1 saturated carbocycles. The van der Waals surface area contributed by atoms with Gasteiger partial charge in [-0.05, 0) is 31.7 Å². The number of terminal acetylenes is 1. The van der Waals surface area contributed by atoms with Crippen LogP contribution in [0.2, 0.25) is 0 Å². The van der Waals surface area contributed by atoms with E-state index in [1.165, 1.54) is 12.8 Å². The highest BCUT2D eigenvalue weighted by molar-refractivity contribution is 5.49. The summed E-state index contributed by atoms with van der Waals surface area (Å²) in [5, 5.41) is 0. The second kappa shape index (κ2) is 5.20. The molecule has 0 amide bonds. The summed E-state index contributed by atoms with van der Waals surface area (Å²) >= 11 is 0. The largest absolute Gasteiger partial charge is 0.345 e. The standard InChI is InChI=1S/C14H19N3/c1-3-9-17(10-12-6-7-12)14-13(11(2)15)5-4-8-16-14/h1,4-5,8,11-12H,6-7,9-10,15H2,2H3. The number of rotatable bonds is 5. The van der Waals surface area contributed by atoms with Gasteiger partial charge in [-0.3, -0.25) is 0 Å². The molecule has 0 aromatic carbocycles. The molecule has 2 N–H and O–H groups in total. The normalized spacial score (nSPS) is 16.3. The van der Waals surface area contributed by atoms with E-state index >= 15 is 0 Å². The molecule has 1 aliphatic carbocycles. The van der Waals surface area contributed by atoms with Crippen LogP contribution in [0.5, 0.6) is 0 Å². The molecular formula is C14H19N3. The second-order valence-corrected chi connectivity index (χ2v) is 4.73. The molecule has 0 radical (unpaired) electrons. The molecule has 1 aromatic heterocycles. The average Bonchev–Trinajstić information content (AvgIpc) is 3.12. The van der Waals surface area contributed by atoms with Crippen molar-refractivity contribution in [1.82, 2.24) is 4.98 Å². The fourth-order valence-electron chi connectivity index (χ4n) is 1.98. The van der Waals surface area contributed by atoms with Crippen LogP contribution in [0.4, 0.5) is 5.82 Å². The Hall–Kier alpha value is -1.53. The predicted octanol–water partition coefficient (Wildman–Crippen LogP) is 1.95. The molecule has 0 bridgehead atoms. The van der Waals surface area contributed by atoms with Crippen molar-refractivity contribution in [2.24, 2.45) is 11.7 Å². The molecule has 2 rings (SSSR count). The molecule has 0 aliphatic heterocycles. The summed E-state index contributed by atoms with van der Waals surface area (Å²) in [6, 6.07) is 3.94. The van der Waals surface area contributed by atoms with E-state index in [4.69, 9.17) is 12.2 Å². The maximum absolute atomic E-state index is 5.98. The lowest BCUT2D eigenvalue weighted by atomic mass is 10.1. The average molecular weight is 229 g/mol. The van der Waals surface area contributed by atoms with Crippen LogP contribution in [0.3, 0.4) is 0 Å². The fraction of sp³-hybridized carbons (Fsp3) is 0.500. The zero-order chi connectivity index (χ0) is 12.3. The number of aromatic nitrogens is 1. The van der Waals surface area contributed by atoms with Crippen LogP contribution in [-0.2, 0) is 0 Å². The van der Waals surface area contributed by atoms with E-state index in [-0.39, 0.29) is 6.04 Å². The summed E-state index contributed by atoms with van der Waals surface area (Å²) in [6.45, 7) is 3.58. The van der Waals surface area contributed by atoms with Crippen molar-refractivity contribution in [1.29, 1.82) is 0 Å². The molecule has 1 atom stereocenters. The third-order valence-electron chi connectivity index (χ3n) is 3.06. The molecule has 3 heteroatoms. The molecule has 0 spiro atoms. The highest BCUT2D eigenvalue weighted by Gasteiger charge is 2.25. The first kappa shape index (κ1) is 11.9. The Bertz CT molecular complexity index is 416. The Labute approximate surface area is 103 Å². The summed E-state index contributed by atoms with van der Waals surface area (Å²) in [5.41, 5.74) is 7.05. The van der Waals surface area contributed by atoms with E-state index in [9.17, 15) is 0 Å². The van der Waals surface area contributed by atoms with Gasteiger partial charge in [0.05, 0.1) is 6.54 Å². The van der Waals surface area contributed by atoms with Gasteiger partial charge in [-0.1, -0.05) is 12.0 Å². The minimum absolute atomic E-state index is 0.0156. The van der Waals surface area contributed by atoms with E-state index < -0.39 is 0 Å². The van der Waals surface area contributed by atoms with Gasteiger partial charge in [0.25, 0.3) is 0 Å². The third kappa shape index (κ3) is 2.98. The minimum Gasteiger partial charge on any atom is -0.345 e. The van der Waals surface area contributed by atoms with E-state index in [1.54, 1.807) is 6.20 Å². The quantitative estimate of drug-likeness (QED) is 0.785. The molecular weight excluding hydrogens is 210 g/mol. The van der Waals surface area contributed by atoms with Gasteiger partial charge in [-0.2, -0.15) is 0 Å². The molecule has 90 valence electrons. The highest BCUT2D eigenvalue weighted by atomic mass is 15.2. The van der Waals surface area contributed by atoms with Crippen molar-refractivity contribution in [3.63, 3.8) is 0 Å². The first-order valence-electron chi connectivity index (χ1n) is 6.11. The van der Waals surface area contributed by atoms with Crippen molar-refractivity contribution in [3.8, 4) is 12.3 Å². The van der Waals surface area contributed by atoms with Crippen LogP contribution in [0.1, 0.15) is 31.4 Å². The molecule has 17 heavy (non-hydrogen) atoms. The lowest BCUT2D eigenvalue weighted by molar-refractivity contribution is 0.732. The number of anilines is 1. The Balaban J connectivity index is 2.24. The van der Waals surface area contributed by atoms with Crippen LogP contribution >= 0.6 is 0 Å². The molecule has 1 fully saturated rings. The van der Waals surface area contributed by atoms with E-state index in [0.717, 1.165) is 23.8 Å². The smallest absolute Gasteiger partial charge is 0.134 e. The SMILES string of the molecule is C#CCN(CC1CC1)c1ncccc1C(C)N. The second-order valence-electron chi connectivity index (χ2n) is 4.73. The monoisotopic (exact) mass is 229 g/mol. The van der Waals surface area contributed by atoms with Crippen molar-refractivity contribution in [3.05, 3.63) is 23.9 Å². The van der Waals surface area contributed by atoms with Gasteiger partial charge in [0.1, 0.15) is 5.82 Å². The third-order valence-corrected chi connectivity index (χ3v) is 3.06. The fourth-order valence-corrected chi connectivity index (χ4v) is 1.98. The van der Waals surface area contributed by atoms with Crippen LogP contribution < -0.4 is 10.6 Å². The Morgan fingerprint density at radius 3 is 3.00 bits per heavy atom. The Morgan fingerprint density at radius 1 is 1.65 bits per heavy atom. The van der Waals surface area contributed by atoms with Gasteiger partial charge < -0.3 is 10.6 Å². The summed E-state index contributed by atoms with van der Waals surface area (Å²) in [6.07, 6.45) is 9.86. The van der Waals surface area contributed by atoms with Crippen LogP contribution in [0, 0.1) is 18.3 Å². The van der Waals surface area contributed by atoms with Crippen molar-refractivity contribution in [2.75, 3.05) is 18.0 Å². The highest BCUT2D eigenvalue weighted by Crippen LogP contribution is 2.32. The number of nitrogens with two attached hydrogens (primary N) is 1. The summed E-state index contributed by atoms with van der Waals surface area (Å²) in [5.74, 6) is 4.45. The Kier molecular flexibility index (Phi) is 3.65. The maximum Gasteiger partial charge on any atom is 0.134 e. The van der Waals surface area contributed by atoms with Gasteiger partial charge >= 0.3 is 0 Å². The maximum atomic E-state index is 5.98. The summed E-state index contributed by atoms with van der Waals surface area (Å²) < 4.78 is 0. The van der Waals surface area contributed by atoms with E-state index in [0.29, 0.717) is 6.54 Å². The summed E-state index contributed by atoms with van der Waals surface area (Å²) in [4.78, 5) is 6.63. The first-order valence-corrected chi connectivity index (χ1v) is 6.11. The number of hydrogen-bond donors (Lipinski definition) is 1. The van der Waals surface area contributed by atoms with E-state index in [1.807, 2.05) is 19.1 Å². The van der Waals surface area contributed by atoms with Gasteiger partial charge in [0.2, 0.25) is 0 Å². The van der Waals surface area contributed by atoms with Crippen LogP contribution in [0.15, 0.2) is 18.3 Å². The lowest BCUT2D eigenvalue weighted by Crippen LogP contribution is -2.29. The first-order chi connectivity index (χ1) is 8.22. The minimum atomic E-state index is -0.0156. The topological polar surface area (TPSA) is 42.2 Å². The Morgan fingerprint density at radius 2 is 2.41 bits per heavy atom. The number of nitrogens with zero attached hydrogens (tertiary/aromatic N) is 2. The molecule has 1 unspecified atom stereocenters. The van der Waals surface area contributed by atoms with Gasteiger partial charge in [0, 0.05) is 24.3 Å². The van der Waals surface area contributed by atoms with Crippen LogP contribution in [0.25, 0.3) is 0 Å². The van der Waals surface area contributed by atoms with Crippen molar-refractivity contribution in [2.45, 2.75) is 25.8 Å². The molecule has 1 aliphatic rings. The molecule has 3 nitrogen and oxygen atoms in total. The lowest BCUT2D eigenvalue weighted by Gasteiger charge is -2.24. The number of hydrogen-bond acceptors (Lipinski definition) is 3. The molecule has 1 heterocycles. The van der Waals surface area contributed by atoms with Crippen molar-refractivity contribution >= 4 is 5.82 Å². The van der Waals surface area contributed by atoms with Gasteiger partial charge in [-0.15, -0.1) is 6.42 Å². The van der Waals surface area contributed by atoms with E-state index in [2.05, 4.69) is 15.8 Å². The number of pyridine rings is 1. The van der Waals surface area contributed by atoms with Crippen LogP contribution in [-0.4, -0.2) is 18.1 Å². The summed E-state index contributed by atoms with van der Waals surface area (Å²) in [7, 11) is 0. The van der Waals surface area contributed by atoms with Gasteiger partial charge in [-0.25, -0.2) is 4.98 Å². The van der Waals surface area contributed by atoms with Crippen molar-refractivity contribution < 1.29 is 0 Å².